The fraction of sp³-hybridized carbons (Fsp3) is 0.286. The zero-order valence-electron chi connectivity index (χ0n) is 14.6. The smallest absolute Gasteiger partial charge is 0.336 e. The van der Waals surface area contributed by atoms with E-state index < -0.39 is 5.97 Å². The molecule has 0 aliphatic heterocycles. The van der Waals surface area contributed by atoms with Crippen molar-refractivity contribution in [3.05, 3.63) is 65.2 Å². The third-order valence-electron chi connectivity index (χ3n) is 3.86. The molecule has 0 atom stereocenters. The summed E-state index contributed by atoms with van der Waals surface area (Å²) in [6.07, 6.45) is 2.90. The number of phenolic OH excluding ortho intramolecular Hbond substituents is 1. The summed E-state index contributed by atoms with van der Waals surface area (Å²) in [5, 5.41) is 9.74. The van der Waals surface area contributed by atoms with E-state index in [2.05, 4.69) is 27.7 Å². The van der Waals surface area contributed by atoms with Crippen LogP contribution in [0.15, 0.2) is 48.5 Å². The van der Waals surface area contributed by atoms with Gasteiger partial charge in [-0.25, -0.2) is 4.79 Å². The van der Waals surface area contributed by atoms with Gasteiger partial charge in [0.1, 0.15) is 11.5 Å². The Morgan fingerprint density at radius 3 is 2.08 bits per heavy atom. The Hall–Kier alpha value is -2.55. The molecule has 24 heavy (non-hydrogen) atoms. The minimum atomic E-state index is -0.451. The lowest BCUT2D eigenvalue weighted by molar-refractivity contribution is -0.129. The highest BCUT2D eigenvalue weighted by atomic mass is 16.5. The standard InChI is InChI=1S/C21H24O3/c1-14(2)17-9-7-10-18(15(3)4)21(17)24-20(23)13-12-16-8-5-6-11-19(16)22/h5-15,22H,1-4H3. The minimum Gasteiger partial charge on any atom is -0.507 e. The van der Waals surface area contributed by atoms with Crippen molar-refractivity contribution in [3.63, 3.8) is 0 Å². The second-order valence-electron chi connectivity index (χ2n) is 6.39. The van der Waals surface area contributed by atoms with E-state index in [1.54, 1.807) is 30.3 Å². The quantitative estimate of drug-likeness (QED) is 0.464. The maximum Gasteiger partial charge on any atom is 0.336 e. The Bertz CT molecular complexity index is 716. The number of aromatic hydroxyl groups is 1. The van der Waals surface area contributed by atoms with Crippen LogP contribution in [0.4, 0.5) is 0 Å². The van der Waals surface area contributed by atoms with Gasteiger partial charge in [-0.15, -0.1) is 0 Å². The molecule has 0 aromatic heterocycles. The number of para-hydroxylation sites is 2. The summed E-state index contributed by atoms with van der Waals surface area (Å²) < 4.78 is 5.65. The molecule has 0 aliphatic carbocycles. The molecule has 0 saturated carbocycles. The maximum atomic E-state index is 12.3. The van der Waals surface area contributed by atoms with Crippen LogP contribution in [0.3, 0.4) is 0 Å². The average Bonchev–Trinajstić information content (AvgIpc) is 2.53. The van der Waals surface area contributed by atoms with Crippen molar-refractivity contribution < 1.29 is 14.6 Å². The first-order chi connectivity index (χ1) is 11.4. The van der Waals surface area contributed by atoms with E-state index in [1.807, 2.05) is 18.2 Å². The number of rotatable bonds is 5. The summed E-state index contributed by atoms with van der Waals surface area (Å²) in [7, 11) is 0. The van der Waals surface area contributed by atoms with E-state index >= 15 is 0 Å². The van der Waals surface area contributed by atoms with Gasteiger partial charge < -0.3 is 9.84 Å². The van der Waals surface area contributed by atoms with Crippen molar-refractivity contribution in [2.75, 3.05) is 0 Å². The van der Waals surface area contributed by atoms with Crippen LogP contribution in [0.5, 0.6) is 11.5 Å². The summed E-state index contributed by atoms with van der Waals surface area (Å²) in [6.45, 7) is 8.31. The zero-order valence-corrected chi connectivity index (χ0v) is 14.6. The summed E-state index contributed by atoms with van der Waals surface area (Å²) in [5.74, 6) is 0.844. The first kappa shape index (κ1) is 17.8. The lowest BCUT2D eigenvalue weighted by atomic mass is 9.94. The van der Waals surface area contributed by atoms with Gasteiger partial charge >= 0.3 is 5.97 Å². The fourth-order valence-electron chi connectivity index (χ4n) is 2.52. The molecule has 126 valence electrons. The SMILES string of the molecule is CC(C)c1cccc(C(C)C)c1OC(=O)C=Cc1ccccc1O. The number of ether oxygens (including phenoxy) is 1. The summed E-state index contributed by atoms with van der Waals surface area (Å²) in [4.78, 5) is 12.3. The summed E-state index contributed by atoms with van der Waals surface area (Å²) >= 11 is 0. The van der Waals surface area contributed by atoms with E-state index in [9.17, 15) is 9.90 Å². The molecule has 3 heteroatoms. The van der Waals surface area contributed by atoms with Gasteiger partial charge in [0.05, 0.1) is 0 Å². The Morgan fingerprint density at radius 1 is 0.958 bits per heavy atom. The van der Waals surface area contributed by atoms with Crippen LogP contribution >= 0.6 is 0 Å². The molecule has 0 aliphatic rings. The van der Waals surface area contributed by atoms with Crippen molar-refractivity contribution in [2.45, 2.75) is 39.5 Å². The van der Waals surface area contributed by atoms with Gasteiger partial charge in [-0.1, -0.05) is 64.1 Å². The molecular weight excluding hydrogens is 300 g/mol. The van der Waals surface area contributed by atoms with E-state index in [1.165, 1.54) is 6.08 Å². The van der Waals surface area contributed by atoms with Crippen molar-refractivity contribution in [1.82, 2.24) is 0 Å². The van der Waals surface area contributed by atoms with Gasteiger partial charge in [0.2, 0.25) is 0 Å². The molecule has 0 bridgehead atoms. The van der Waals surface area contributed by atoms with E-state index in [-0.39, 0.29) is 17.6 Å². The molecule has 2 rings (SSSR count). The van der Waals surface area contributed by atoms with Crippen LogP contribution in [0.2, 0.25) is 0 Å². The lowest BCUT2D eigenvalue weighted by Gasteiger charge is -2.18. The molecule has 0 unspecified atom stereocenters. The molecule has 0 spiro atoms. The lowest BCUT2D eigenvalue weighted by Crippen LogP contribution is -2.09. The fourth-order valence-corrected chi connectivity index (χ4v) is 2.52. The third-order valence-corrected chi connectivity index (χ3v) is 3.86. The number of hydrogen-bond donors (Lipinski definition) is 1. The highest BCUT2D eigenvalue weighted by molar-refractivity contribution is 5.89. The van der Waals surface area contributed by atoms with Gasteiger partial charge in [0.15, 0.2) is 0 Å². The van der Waals surface area contributed by atoms with Gasteiger partial charge in [-0.3, -0.25) is 0 Å². The van der Waals surface area contributed by atoms with E-state index in [4.69, 9.17) is 4.74 Å². The Morgan fingerprint density at radius 2 is 1.54 bits per heavy atom. The Kier molecular flexibility index (Phi) is 5.80. The van der Waals surface area contributed by atoms with E-state index in [0.717, 1.165) is 11.1 Å². The second kappa shape index (κ2) is 7.82. The molecule has 3 nitrogen and oxygen atoms in total. The molecule has 0 amide bonds. The summed E-state index contributed by atoms with van der Waals surface area (Å²) in [6, 6.07) is 12.8. The number of esters is 1. The molecule has 0 radical (unpaired) electrons. The Labute approximate surface area is 143 Å². The van der Waals surface area contributed by atoms with Gasteiger partial charge in [-0.2, -0.15) is 0 Å². The molecule has 1 N–H and O–H groups in total. The first-order valence-electron chi connectivity index (χ1n) is 8.20. The summed E-state index contributed by atoms with van der Waals surface area (Å²) in [5.41, 5.74) is 2.62. The topological polar surface area (TPSA) is 46.5 Å². The van der Waals surface area contributed by atoms with Crippen LogP contribution in [-0.4, -0.2) is 11.1 Å². The van der Waals surface area contributed by atoms with Gasteiger partial charge in [0.25, 0.3) is 0 Å². The molecule has 2 aromatic carbocycles. The first-order valence-corrected chi connectivity index (χ1v) is 8.20. The molecular formula is C21H24O3. The largest absolute Gasteiger partial charge is 0.507 e. The van der Waals surface area contributed by atoms with Crippen LogP contribution in [-0.2, 0) is 4.79 Å². The van der Waals surface area contributed by atoms with Crippen molar-refractivity contribution in [3.8, 4) is 11.5 Å². The molecule has 0 heterocycles. The average molecular weight is 324 g/mol. The number of phenols is 1. The van der Waals surface area contributed by atoms with Gasteiger partial charge in [0, 0.05) is 11.6 Å². The van der Waals surface area contributed by atoms with Gasteiger partial charge in [-0.05, 0) is 35.1 Å². The highest BCUT2D eigenvalue weighted by Crippen LogP contribution is 2.34. The molecule has 0 saturated heterocycles. The van der Waals surface area contributed by atoms with E-state index in [0.29, 0.717) is 11.3 Å². The zero-order chi connectivity index (χ0) is 17.7. The number of benzene rings is 2. The van der Waals surface area contributed by atoms with Crippen LogP contribution < -0.4 is 4.74 Å². The maximum absolute atomic E-state index is 12.3. The van der Waals surface area contributed by atoms with Crippen molar-refractivity contribution in [1.29, 1.82) is 0 Å². The van der Waals surface area contributed by atoms with Crippen molar-refractivity contribution in [2.24, 2.45) is 0 Å². The predicted octanol–water partition coefficient (Wildman–Crippen LogP) is 5.26. The van der Waals surface area contributed by atoms with Crippen molar-refractivity contribution >= 4 is 12.0 Å². The number of hydrogen-bond acceptors (Lipinski definition) is 3. The highest BCUT2D eigenvalue weighted by Gasteiger charge is 2.17. The predicted molar refractivity (Wildman–Crippen MR) is 97.4 cm³/mol. The molecule has 0 fully saturated rings. The van der Waals surface area contributed by atoms with Crippen LogP contribution in [0.25, 0.3) is 6.08 Å². The van der Waals surface area contributed by atoms with Crippen LogP contribution in [0.1, 0.15) is 56.2 Å². The number of carbonyl (C=O) groups excluding carboxylic acids is 1. The molecule has 2 aromatic rings. The second-order valence-corrected chi connectivity index (χ2v) is 6.39. The Balaban J connectivity index is 2.27. The van der Waals surface area contributed by atoms with Crippen LogP contribution in [0, 0.1) is 0 Å². The minimum absolute atomic E-state index is 0.131. The third kappa shape index (κ3) is 4.25. The monoisotopic (exact) mass is 324 g/mol. The normalized spacial score (nSPS) is 11.4. The number of carbonyl (C=O) groups is 1.